The molecule has 0 aliphatic rings. The maximum Gasteiger partial charge on any atom is 0.339 e. The molecule has 0 saturated carbocycles. The first-order valence-corrected chi connectivity index (χ1v) is 8.67. The Kier molecular flexibility index (Phi) is 5.96. The number of amides is 1. The lowest BCUT2D eigenvalue weighted by atomic mass is 10.1. The number of nitrogens with one attached hydrogen (secondary N) is 2. The third-order valence-electron chi connectivity index (χ3n) is 4.04. The fourth-order valence-electron chi connectivity index (χ4n) is 2.66. The number of hydrogen-bond donors (Lipinski definition) is 2. The van der Waals surface area contributed by atoms with E-state index < -0.39 is 11.9 Å². The minimum atomic E-state index is -0.529. The number of para-hydroxylation sites is 1. The molecule has 28 heavy (non-hydrogen) atoms. The molecule has 3 rings (SSSR count). The van der Waals surface area contributed by atoms with Crippen LogP contribution in [0.3, 0.4) is 0 Å². The Labute approximate surface area is 162 Å². The number of anilines is 2. The number of carbonyl (C=O) groups is 2. The summed E-state index contributed by atoms with van der Waals surface area (Å²) in [5.74, 6) is -0.445. The van der Waals surface area contributed by atoms with Gasteiger partial charge in [-0.3, -0.25) is 4.79 Å². The number of benzene rings is 2. The molecule has 0 saturated heterocycles. The fraction of sp³-hybridized carbons (Fsp3) is 0.143. The van der Waals surface area contributed by atoms with E-state index >= 15 is 0 Å². The number of ether oxygens (including phenoxy) is 1. The predicted molar refractivity (Wildman–Crippen MR) is 106 cm³/mol. The highest BCUT2D eigenvalue weighted by atomic mass is 16.5. The molecule has 0 aliphatic heterocycles. The minimum Gasteiger partial charge on any atom is -0.465 e. The number of esters is 1. The lowest BCUT2D eigenvalue weighted by molar-refractivity contribution is 0.0602. The van der Waals surface area contributed by atoms with E-state index in [1.165, 1.54) is 19.0 Å². The molecule has 7 heteroatoms. The Morgan fingerprint density at radius 1 is 1.04 bits per heavy atom. The van der Waals surface area contributed by atoms with Gasteiger partial charge >= 0.3 is 5.97 Å². The number of methoxy groups -OCH3 is 1. The Morgan fingerprint density at radius 3 is 2.64 bits per heavy atom. The molecular formula is C21H20N4O3. The molecule has 0 unspecified atom stereocenters. The third kappa shape index (κ3) is 4.70. The van der Waals surface area contributed by atoms with Gasteiger partial charge in [0.05, 0.1) is 18.4 Å². The zero-order chi connectivity index (χ0) is 19.9. The van der Waals surface area contributed by atoms with Crippen LogP contribution in [0.15, 0.2) is 60.9 Å². The number of aromatic nitrogens is 2. The van der Waals surface area contributed by atoms with Crippen LogP contribution >= 0.6 is 0 Å². The molecule has 1 amide bonds. The van der Waals surface area contributed by atoms with Crippen molar-refractivity contribution in [3.05, 3.63) is 83.3 Å². The number of carbonyl (C=O) groups excluding carboxylic acids is 2. The second-order valence-corrected chi connectivity index (χ2v) is 6.12. The Bertz CT molecular complexity index is 1000. The molecule has 142 valence electrons. The summed E-state index contributed by atoms with van der Waals surface area (Å²) in [6.07, 6.45) is 1.32. The van der Waals surface area contributed by atoms with E-state index in [-0.39, 0.29) is 11.3 Å². The molecule has 0 bridgehead atoms. The first-order chi connectivity index (χ1) is 13.6. The van der Waals surface area contributed by atoms with E-state index in [0.717, 1.165) is 5.56 Å². The van der Waals surface area contributed by atoms with Crippen molar-refractivity contribution in [2.75, 3.05) is 17.7 Å². The summed E-state index contributed by atoms with van der Waals surface area (Å²) in [4.78, 5) is 32.6. The zero-order valence-corrected chi connectivity index (χ0v) is 15.6. The van der Waals surface area contributed by atoms with Crippen molar-refractivity contribution in [3.63, 3.8) is 0 Å². The van der Waals surface area contributed by atoms with Gasteiger partial charge in [0.2, 0.25) is 0 Å². The quantitative estimate of drug-likeness (QED) is 0.640. The third-order valence-corrected chi connectivity index (χ3v) is 4.04. The van der Waals surface area contributed by atoms with Gasteiger partial charge in [-0.1, -0.05) is 42.0 Å². The lowest BCUT2D eigenvalue weighted by Gasteiger charge is -2.10. The van der Waals surface area contributed by atoms with Gasteiger partial charge in [0, 0.05) is 12.6 Å². The van der Waals surface area contributed by atoms with Crippen LogP contribution in [-0.2, 0) is 11.3 Å². The van der Waals surface area contributed by atoms with Gasteiger partial charge in [0.15, 0.2) is 0 Å². The van der Waals surface area contributed by atoms with Crippen molar-refractivity contribution >= 4 is 23.4 Å². The van der Waals surface area contributed by atoms with Crippen LogP contribution in [-0.4, -0.2) is 29.0 Å². The summed E-state index contributed by atoms with van der Waals surface area (Å²) in [7, 11) is 1.29. The van der Waals surface area contributed by atoms with Crippen LogP contribution < -0.4 is 10.6 Å². The largest absolute Gasteiger partial charge is 0.465 e. The highest BCUT2D eigenvalue weighted by Gasteiger charge is 2.15. The molecule has 0 aliphatic carbocycles. The summed E-state index contributed by atoms with van der Waals surface area (Å²) in [6.45, 7) is 2.60. The highest BCUT2D eigenvalue weighted by Crippen LogP contribution is 2.17. The SMILES string of the molecule is COC(=O)c1ccccc1NC(=O)c1cc(NCc2cccc(C)c2)ncn1. The molecule has 0 atom stereocenters. The summed E-state index contributed by atoms with van der Waals surface area (Å²) < 4.78 is 4.74. The molecule has 3 aromatic rings. The first-order valence-electron chi connectivity index (χ1n) is 8.67. The van der Waals surface area contributed by atoms with Crippen molar-refractivity contribution in [2.24, 2.45) is 0 Å². The van der Waals surface area contributed by atoms with Crippen LogP contribution in [0.1, 0.15) is 32.0 Å². The van der Waals surface area contributed by atoms with Gasteiger partial charge in [0.1, 0.15) is 17.8 Å². The summed E-state index contributed by atoms with van der Waals surface area (Å²) in [5, 5.41) is 5.87. The molecule has 1 heterocycles. The van der Waals surface area contributed by atoms with Gasteiger partial charge in [-0.05, 0) is 24.6 Å². The van der Waals surface area contributed by atoms with Crippen LogP contribution in [0, 0.1) is 6.92 Å². The number of nitrogens with zero attached hydrogens (tertiary/aromatic N) is 2. The van der Waals surface area contributed by atoms with Crippen LogP contribution in [0.4, 0.5) is 11.5 Å². The summed E-state index contributed by atoms with van der Waals surface area (Å²) in [5.41, 5.74) is 3.08. The second-order valence-electron chi connectivity index (χ2n) is 6.12. The van der Waals surface area contributed by atoms with Crippen molar-refractivity contribution in [3.8, 4) is 0 Å². The predicted octanol–water partition coefficient (Wildman–Crippen LogP) is 3.44. The fourth-order valence-corrected chi connectivity index (χ4v) is 2.66. The number of hydrogen-bond acceptors (Lipinski definition) is 6. The first kappa shape index (κ1) is 19.0. The lowest BCUT2D eigenvalue weighted by Crippen LogP contribution is -2.17. The van der Waals surface area contributed by atoms with Crippen LogP contribution in [0.2, 0.25) is 0 Å². The molecule has 1 aromatic heterocycles. The summed E-state index contributed by atoms with van der Waals surface area (Å²) >= 11 is 0. The van der Waals surface area contributed by atoms with Crippen molar-refractivity contribution < 1.29 is 14.3 Å². The van der Waals surface area contributed by atoms with Crippen LogP contribution in [0.5, 0.6) is 0 Å². The van der Waals surface area contributed by atoms with E-state index in [1.54, 1.807) is 30.3 Å². The number of rotatable bonds is 6. The van der Waals surface area contributed by atoms with E-state index in [1.807, 2.05) is 25.1 Å². The van der Waals surface area contributed by atoms with Crippen molar-refractivity contribution in [1.82, 2.24) is 9.97 Å². The normalized spacial score (nSPS) is 10.2. The molecule has 2 N–H and O–H groups in total. The van der Waals surface area contributed by atoms with Gasteiger partial charge < -0.3 is 15.4 Å². The van der Waals surface area contributed by atoms with Gasteiger partial charge in [-0.15, -0.1) is 0 Å². The Hall–Kier alpha value is -3.74. The Morgan fingerprint density at radius 2 is 1.86 bits per heavy atom. The molecule has 0 radical (unpaired) electrons. The highest BCUT2D eigenvalue weighted by molar-refractivity contribution is 6.07. The van der Waals surface area contributed by atoms with E-state index in [4.69, 9.17) is 4.74 Å². The molecule has 0 spiro atoms. The maximum absolute atomic E-state index is 12.6. The monoisotopic (exact) mass is 376 g/mol. The smallest absolute Gasteiger partial charge is 0.339 e. The van der Waals surface area contributed by atoms with Crippen molar-refractivity contribution in [2.45, 2.75) is 13.5 Å². The zero-order valence-electron chi connectivity index (χ0n) is 15.6. The van der Waals surface area contributed by atoms with Gasteiger partial charge in [-0.2, -0.15) is 0 Å². The average molecular weight is 376 g/mol. The average Bonchev–Trinajstić information content (AvgIpc) is 2.72. The van der Waals surface area contributed by atoms with E-state index in [9.17, 15) is 9.59 Å². The molecule has 2 aromatic carbocycles. The minimum absolute atomic E-state index is 0.182. The molecule has 0 fully saturated rings. The Balaban J connectivity index is 1.72. The maximum atomic E-state index is 12.6. The summed E-state index contributed by atoms with van der Waals surface area (Å²) in [6, 6.07) is 16.3. The topological polar surface area (TPSA) is 93.2 Å². The van der Waals surface area contributed by atoms with E-state index in [0.29, 0.717) is 18.1 Å². The van der Waals surface area contributed by atoms with Crippen molar-refractivity contribution in [1.29, 1.82) is 0 Å². The van der Waals surface area contributed by atoms with Crippen LogP contribution in [0.25, 0.3) is 0 Å². The van der Waals surface area contributed by atoms with Gasteiger partial charge in [-0.25, -0.2) is 14.8 Å². The number of aryl methyl sites for hydroxylation is 1. The second kappa shape index (κ2) is 8.77. The molecule has 7 nitrogen and oxygen atoms in total. The van der Waals surface area contributed by atoms with E-state index in [2.05, 4.69) is 26.7 Å². The standard InChI is InChI=1S/C21H20N4O3/c1-14-6-5-7-15(10-14)12-22-19-11-18(23-13-24-19)20(26)25-17-9-4-3-8-16(17)21(27)28-2/h3-11,13H,12H2,1-2H3,(H,25,26)(H,22,23,24). The molecular weight excluding hydrogens is 356 g/mol. The van der Waals surface area contributed by atoms with Gasteiger partial charge in [0.25, 0.3) is 5.91 Å².